The lowest BCUT2D eigenvalue weighted by atomic mass is 10.2. The van der Waals surface area contributed by atoms with E-state index in [4.69, 9.17) is 4.74 Å². The summed E-state index contributed by atoms with van der Waals surface area (Å²) in [7, 11) is 1.67. The Bertz CT molecular complexity index is 694. The smallest absolute Gasteiger partial charge is 0.337 e. The Labute approximate surface area is 121 Å². The Morgan fingerprint density at radius 1 is 1.00 bits per heavy atom. The van der Waals surface area contributed by atoms with Gasteiger partial charge in [-0.15, -0.1) is 0 Å². The Morgan fingerprint density at radius 2 is 1.75 bits per heavy atom. The molecule has 0 aliphatic carbocycles. The minimum atomic E-state index is 0.829. The highest BCUT2D eigenvalue weighted by atomic mass is 32.1. The molecule has 3 nitrogen and oxygen atoms in total. The SMILES string of the molecule is COc1ccccc1Nc1[nH+]c(-c2ccccc2)cs1. The number of para-hydroxylation sites is 2. The summed E-state index contributed by atoms with van der Waals surface area (Å²) in [6, 6.07) is 18.1. The number of hydrogen-bond acceptors (Lipinski definition) is 3. The van der Waals surface area contributed by atoms with Crippen molar-refractivity contribution in [1.29, 1.82) is 0 Å². The predicted octanol–water partition coefficient (Wildman–Crippen LogP) is 3.98. The summed E-state index contributed by atoms with van der Waals surface area (Å²) in [5.41, 5.74) is 3.23. The molecule has 3 aromatic rings. The van der Waals surface area contributed by atoms with Crippen molar-refractivity contribution >= 4 is 22.2 Å². The average Bonchev–Trinajstić information content (AvgIpc) is 2.97. The maximum absolute atomic E-state index is 5.34. The first-order chi connectivity index (χ1) is 9.86. The fourth-order valence-electron chi connectivity index (χ4n) is 1.99. The summed E-state index contributed by atoms with van der Waals surface area (Å²) >= 11 is 1.64. The third kappa shape index (κ3) is 2.65. The normalized spacial score (nSPS) is 10.2. The number of H-pyrrole nitrogens is 1. The molecule has 0 saturated carbocycles. The molecule has 0 aliphatic heterocycles. The zero-order valence-corrected chi connectivity index (χ0v) is 11.9. The molecule has 2 aromatic carbocycles. The molecule has 100 valence electrons. The van der Waals surface area contributed by atoms with Crippen LogP contribution in [0.3, 0.4) is 0 Å². The van der Waals surface area contributed by atoms with Crippen LogP contribution in [0.4, 0.5) is 10.8 Å². The van der Waals surface area contributed by atoms with Gasteiger partial charge in [-0.25, -0.2) is 10.3 Å². The topological polar surface area (TPSA) is 35.4 Å². The number of methoxy groups -OCH3 is 1. The summed E-state index contributed by atoms with van der Waals surface area (Å²) in [5.74, 6) is 0.829. The van der Waals surface area contributed by atoms with Crippen LogP contribution in [0.2, 0.25) is 0 Å². The predicted molar refractivity (Wildman–Crippen MR) is 82.6 cm³/mol. The van der Waals surface area contributed by atoms with Crippen LogP contribution in [0, 0.1) is 0 Å². The Morgan fingerprint density at radius 3 is 2.55 bits per heavy atom. The van der Waals surface area contributed by atoms with E-state index in [1.54, 1.807) is 18.4 Å². The third-order valence-corrected chi connectivity index (χ3v) is 3.78. The van der Waals surface area contributed by atoms with Crippen molar-refractivity contribution in [2.45, 2.75) is 0 Å². The zero-order chi connectivity index (χ0) is 13.8. The van der Waals surface area contributed by atoms with E-state index in [0.29, 0.717) is 0 Å². The second-order valence-corrected chi connectivity index (χ2v) is 5.17. The van der Waals surface area contributed by atoms with E-state index >= 15 is 0 Å². The molecule has 1 aromatic heterocycles. The van der Waals surface area contributed by atoms with Crippen LogP contribution < -0.4 is 15.0 Å². The van der Waals surface area contributed by atoms with Crippen LogP contribution >= 0.6 is 11.3 Å². The van der Waals surface area contributed by atoms with Gasteiger partial charge in [-0.1, -0.05) is 53.8 Å². The number of ether oxygens (including phenoxy) is 1. The average molecular weight is 283 g/mol. The zero-order valence-electron chi connectivity index (χ0n) is 11.1. The van der Waals surface area contributed by atoms with E-state index in [1.165, 1.54) is 5.56 Å². The summed E-state index contributed by atoms with van der Waals surface area (Å²) in [6.07, 6.45) is 0. The highest BCUT2D eigenvalue weighted by molar-refractivity contribution is 7.13. The summed E-state index contributed by atoms with van der Waals surface area (Å²) in [4.78, 5) is 3.38. The van der Waals surface area contributed by atoms with E-state index in [-0.39, 0.29) is 0 Å². The van der Waals surface area contributed by atoms with Gasteiger partial charge in [0.15, 0.2) is 11.4 Å². The van der Waals surface area contributed by atoms with Crippen LogP contribution in [0.15, 0.2) is 60.0 Å². The Balaban J connectivity index is 1.84. The minimum Gasteiger partial charge on any atom is -0.492 e. The maximum atomic E-state index is 5.34. The highest BCUT2D eigenvalue weighted by Crippen LogP contribution is 2.28. The second kappa shape index (κ2) is 5.75. The van der Waals surface area contributed by atoms with Crippen LogP contribution in [0.5, 0.6) is 5.75 Å². The first-order valence-electron chi connectivity index (χ1n) is 6.33. The number of benzene rings is 2. The van der Waals surface area contributed by atoms with Crippen LogP contribution in [0.25, 0.3) is 11.3 Å². The van der Waals surface area contributed by atoms with Gasteiger partial charge in [0.05, 0.1) is 7.11 Å². The first-order valence-corrected chi connectivity index (χ1v) is 7.21. The molecule has 3 rings (SSSR count). The van der Waals surface area contributed by atoms with E-state index in [2.05, 4.69) is 27.8 Å². The Kier molecular flexibility index (Phi) is 3.65. The van der Waals surface area contributed by atoms with Crippen molar-refractivity contribution in [1.82, 2.24) is 0 Å². The minimum absolute atomic E-state index is 0.829. The highest BCUT2D eigenvalue weighted by Gasteiger charge is 2.13. The van der Waals surface area contributed by atoms with Crippen molar-refractivity contribution in [3.63, 3.8) is 0 Å². The molecule has 0 amide bonds. The van der Waals surface area contributed by atoms with Gasteiger partial charge in [0.2, 0.25) is 0 Å². The fourth-order valence-corrected chi connectivity index (χ4v) is 2.76. The lowest BCUT2D eigenvalue weighted by Gasteiger charge is -2.03. The molecule has 0 fully saturated rings. The van der Waals surface area contributed by atoms with Gasteiger partial charge in [0.1, 0.15) is 5.69 Å². The molecule has 0 spiro atoms. The van der Waals surface area contributed by atoms with Crippen LogP contribution in [-0.4, -0.2) is 7.11 Å². The molecule has 0 saturated heterocycles. The standard InChI is InChI=1S/C16H14N2OS/c1-19-15-10-6-5-9-13(15)17-16-18-14(11-20-16)12-7-3-2-4-8-12/h2-11H,1H3,(H,17,18)/p+1. The molecule has 0 radical (unpaired) electrons. The van der Waals surface area contributed by atoms with E-state index in [1.807, 2.05) is 42.5 Å². The number of aromatic amines is 1. The molecule has 20 heavy (non-hydrogen) atoms. The van der Waals surface area contributed by atoms with E-state index < -0.39 is 0 Å². The first kappa shape index (κ1) is 12.7. The van der Waals surface area contributed by atoms with E-state index in [9.17, 15) is 0 Å². The fraction of sp³-hybridized carbons (Fsp3) is 0.0625. The Hall–Kier alpha value is -2.33. The van der Waals surface area contributed by atoms with Crippen molar-refractivity contribution in [2.24, 2.45) is 0 Å². The van der Waals surface area contributed by atoms with Gasteiger partial charge in [-0.3, -0.25) is 0 Å². The van der Waals surface area contributed by atoms with Crippen LogP contribution in [-0.2, 0) is 0 Å². The van der Waals surface area contributed by atoms with Gasteiger partial charge < -0.3 is 4.74 Å². The maximum Gasteiger partial charge on any atom is 0.337 e. The monoisotopic (exact) mass is 283 g/mol. The summed E-state index contributed by atoms with van der Waals surface area (Å²) in [5, 5.41) is 6.44. The molecule has 4 heteroatoms. The lowest BCUT2D eigenvalue weighted by Crippen LogP contribution is -2.07. The van der Waals surface area contributed by atoms with Crippen molar-refractivity contribution in [3.8, 4) is 17.0 Å². The largest absolute Gasteiger partial charge is 0.492 e. The van der Waals surface area contributed by atoms with Gasteiger partial charge in [0, 0.05) is 10.9 Å². The lowest BCUT2D eigenvalue weighted by molar-refractivity contribution is -0.340. The van der Waals surface area contributed by atoms with Gasteiger partial charge in [-0.05, 0) is 12.1 Å². The van der Waals surface area contributed by atoms with Crippen LogP contribution in [0.1, 0.15) is 0 Å². The number of anilines is 2. The number of nitrogens with one attached hydrogen (secondary N) is 2. The molecule has 0 atom stereocenters. The number of hydrogen-bond donors (Lipinski definition) is 1. The number of rotatable bonds is 4. The quantitative estimate of drug-likeness (QED) is 0.786. The number of aromatic nitrogens is 1. The third-order valence-electron chi connectivity index (χ3n) is 2.98. The van der Waals surface area contributed by atoms with Gasteiger partial charge in [-0.2, -0.15) is 0 Å². The van der Waals surface area contributed by atoms with Gasteiger partial charge >= 0.3 is 5.13 Å². The van der Waals surface area contributed by atoms with Gasteiger partial charge in [0.25, 0.3) is 0 Å². The van der Waals surface area contributed by atoms with Crippen molar-refractivity contribution in [2.75, 3.05) is 12.4 Å². The molecule has 0 aliphatic rings. The molecular formula is C16H15N2OS+. The molecule has 1 heterocycles. The van der Waals surface area contributed by atoms with Crippen molar-refractivity contribution < 1.29 is 9.72 Å². The molecule has 2 N–H and O–H groups in total. The van der Waals surface area contributed by atoms with Crippen molar-refractivity contribution in [3.05, 3.63) is 60.0 Å². The molecule has 0 bridgehead atoms. The van der Waals surface area contributed by atoms with E-state index in [0.717, 1.165) is 22.3 Å². The summed E-state index contributed by atoms with van der Waals surface area (Å²) in [6.45, 7) is 0. The summed E-state index contributed by atoms with van der Waals surface area (Å²) < 4.78 is 5.34. The molecular weight excluding hydrogens is 268 g/mol. The number of thiazole rings is 1. The second-order valence-electron chi connectivity index (χ2n) is 4.29. The molecule has 0 unspecified atom stereocenters.